The minimum atomic E-state index is 0.121. The number of nitriles is 1. The van der Waals surface area contributed by atoms with Gasteiger partial charge in [-0.3, -0.25) is 0 Å². The van der Waals surface area contributed by atoms with Crippen LogP contribution in [-0.2, 0) is 0 Å². The van der Waals surface area contributed by atoms with Crippen molar-refractivity contribution < 1.29 is 18.9 Å². The molecule has 0 unspecified atom stereocenters. The SMILES string of the molecule is COc1cc(-c2cc(-c3ccc(Nc4ccc(OC(C)C)cc4)cc3)c(C#N)c(N)n2)cc(OC)c1OC. The van der Waals surface area contributed by atoms with E-state index in [0.717, 1.165) is 22.7 Å². The maximum absolute atomic E-state index is 9.83. The highest BCUT2D eigenvalue weighted by molar-refractivity contribution is 5.82. The fourth-order valence-electron chi connectivity index (χ4n) is 4.08. The summed E-state index contributed by atoms with van der Waals surface area (Å²) in [5, 5.41) is 13.2. The second kappa shape index (κ2) is 11.4. The summed E-state index contributed by atoms with van der Waals surface area (Å²) in [6.07, 6.45) is 0.121. The highest BCUT2D eigenvalue weighted by atomic mass is 16.5. The molecule has 0 radical (unpaired) electrons. The fraction of sp³-hybridized carbons (Fsp3) is 0.200. The zero-order valence-corrected chi connectivity index (χ0v) is 22.0. The predicted molar refractivity (Wildman–Crippen MR) is 149 cm³/mol. The number of anilines is 3. The number of hydrogen-bond donors (Lipinski definition) is 2. The first kappa shape index (κ1) is 26.2. The Balaban J connectivity index is 1.67. The van der Waals surface area contributed by atoms with Gasteiger partial charge in [0, 0.05) is 22.5 Å². The van der Waals surface area contributed by atoms with E-state index in [4.69, 9.17) is 24.7 Å². The molecule has 1 heterocycles. The lowest BCUT2D eigenvalue weighted by molar-refractivity contribution is 0.242. The molecular formula is C30H30N4O4. The second-order valence-electron chi connectivity index (χ2n) is 8.73. The van der Waals surface area contributed by atoms with Crippen molar-refractivity contribution in [2.45, 2.75) is 20.0 Å². The molecule has 4 rings (SSSR count). The molecule has 38 heavy (non-hydrogen) atoms. The largest absolute Gasteiger partial charge is 0.493 e. The standard InChI is InChI=1S/C30H30N4O4/c1-18(2)38-23-12-10-22(11-13-23)33-21-8-6-19(7-9-21)24-16-26(34-30(32)25(24)17-31)20-14-27(35-3)29(37-5)28(15-20)36-4/h6-16,18,33H,1-5H3,(H2,32,34). The molecule has 0 spiro atoms. The Morgan fingerprint density at radius 3 is 1.89 bits per heavy atom. The third-order valence-electron chi connectivity index (χ3n) is 5.83. The zero-order chi connectivity index (χ0) is 27.2. The van der Waals surface area contributed by atoms with Crippen LogP contribution in [0, 0.1) is 11.3 Å². The maximum atomic E-state index is 9.83. The van der Waals surface area contributed by atoms with Crippen molar-refractivity contribution in [1.29, 1.82) is 5.26 Å². The van der Waals surface area contributed by atoms with E-state index >= 15 is 0 Å². The normalized spacial score (nSPS) is 10.6. The Kier molecular flexibility index (Phi) is 7.88. The smallest absolute Gasteiger partial charge is 0.203 e. The number of rotatable bonds is 9. The number of nitrogens with two attached hydrogens (primary N) is 1. The summed E-state index contributed by atoms with van der Waals surface area (Å²) in [5.41, 5.74) is 11.2. The van der Waals surface area contributed by atoms with Crippen molar-refractivity contribution in [2.24, 2.45) is 0 Å². The van der Waals surface area contributed by atoms with Gasteiger partial charge in [0.1, 0.15) is 23.2 Å². The molecule has 0 aliphatic heterocycles. The first-order chi connectivity index (χ1) is 18.4. The van der Waals surface area contributed by atoms with Gasteiger partial charge in [-0.25, -0.2) is 4.98 Å². The van der Waals surface area contributed by atoms with Crippen LogP contribution < -0.4 is 30.0 Å². The van der Waals surface area contributed by atoms with Crippen LogP contribution in [0.1, 0.15) is 19.4 Å². The quantitative estimate of drug-likeness (QED) is 0.265. The van der Waals surface area contributed by atoms with E-state index in [1.54, 1.807) is 33.5 Å². The summed E-state index contributed by atoms with van der Waals surface area (Å²) < 4.78 is 22.1. The van der Waals surface area contributed by atoms with Gasteiger partial charge in [-0.1, -0.05) is 12.1 Å². The Hall–Kier alpha value is -4.90. The second-order valence-corrected chi connectivity index (χ2v) is 8.73. The van der Waals surface area contributed by atoms with Crippen molar-refractivity contribution in [2.75, 3.05) is 32.4 Å². The number of nitrogens with zero attached hydrogens (tertiary/aromatic N) is 2. The summed E-state index contributed by atoms with van der Waals surface area (Å²) in [6, 6.07) is 23.2. The van der Waals surface area contributed by atoms with Crippen LogP contribution in [0.5, 0.6) is 23.0 Å². The minimum Gasteiger partial charge on any atom is -0.493 e. The lowest BCUT2D eigenvalue weighted by atomic mass is 9.98. The summed E-state index contributed by atoms with van der Waals surface area (Å²) in [5.74, 6) is 2.42. The van der Waals surface area contributed by atoms with Crippen molar-refractivity contribution in [3.63, 3.8) is 0 Å². The van der Waals surface area contributed by atoms with Gasteiger partial charge in [0.15, 0.2) is 11.5 Å². The van der Waals surface area contributed by atoms with Crippen LogP contribution in [0.4, 0.5) is 17.2 Å². The fourth-order valence-corrected chi connectivity index (χ4v) is 4.08. The average molecular weight is 511 g/mol. The third-order valence-corrected chi connectivity index (χ3v) is 5.83. The molecule has 0 amide bonds. The Bertz CT molecular complexity index is 1430. The number of ether oxygens (including phenoxy) is 4. The number of benzene rings is 3. The number of pyridine rings is 1. The van der Waals surface area contributed by atoms with Crippen LogP contribution in [0.15, 0.2) is 66.7 Å². The lowest BCUT2D eigenvalue weighted by Crippen LogP contribution is -2.05. The van der Waals surface area contributed by atoms with Crippen LogP contribution in [0.25, 0.3) is 22.4 Å². The molecule has 3 aromatic carbocycles. The van der Waals surface area contributed by atoms with E-state index in [1.165, 1.54) is 0 Å². The van der Waals surface area contributed by atoms with E-state index in [-0.39, 0.29) is 11.9 Å². The summed E-state index contributed by atoms with van der Waals surface area (Å²) >= 11 is 0. The van der Waals surface area contributed by atoms with Crippen LogP contribution in [0.2, 0.25) is 0 Å². The van der Waals surface area contributed by atoms with Crippen LogP contribution in [0.3, 0.4) is 0 Å². The van der Waals surface area contributed by atoms with Crippen LogP contribution in [-0.4, -0.2) is 32.4 Å². The third kappa shape index (κ3) is 5.57. The van der Waals surface area contributed by atoms with Crippen molar-refractivity contribution >= 4 is 17.2 Å². The molecule has 0 aliphatic rings. The van der Waals surface area contributed by atoms with Gasteiger partial charge in [-0.15, -0.1) is 0 Å². The molecule has 194 valence electrons. The highest BCUT2D eigenvalue weighted by Crippen LogP contribution is 2.42. The Morgan fingerprint density at radius 2 is 1.39 bits per heavy atom. The molecule has 4 aromatic rings. The van der Waals surface area contributed by atoms with Gasteiger partial charge in [-0.05, 0) is 74.0 Å². The number of methoxy groups -OCH3 is 3. The monoisotopic (exact) mass is 510 g/mol. The number of nitrogens with one attached hydrogen (secondary N) is 1. The van der Waals surface area contributed by atoms with Gasteiger partial charge in [-0.2, -0.15) is 5.26 Å². The van der Waals surface area contributed by atoms with E-state index in [9.17, 15) is 5.26 Å². The van der Waals surface area contributed by atoms with Crippen LogP contribution >= 0.6 is 0 Å². The molecule has 0 atom stereocenters. The molecule has 8 nitrogen and oxygen atoms in total. The number of nitrogen functional groups attached to an aromatic ring is 1. The van der Waals surface area contributed by atoms with Crippen molar-refractivity contribution in [3.8, 4) is 51.5 Å². The summed E-state index contributed by atoms with van der Waals surface area (Å²) in [6.45, 7) is 3.99. The van der Waals surface area contributed by atoms with Gasteiger partial charge in [0.25, 0.3) is 0 Å². The van der Waals surface area contributed by atoms with E-state index < -0.39 is 0 Å². The molecule has 3 N–H and O–H groups in total. The Labute approximate surface area is 222 Å². The average Bonchev–Trinajstić information content (AvgIpc) is 2.93. The maximum Gasteiger partial charge on any atom is 0.203 e. The number of aromatic nitrogens is 1. The van der Waals surface area contributed by atoms with Gasteiger partial charge in [0.2, 0.25) is 5.75 Å². The molecule has 0 saturated heterocycles. The van der Waals surface area contributed by atoms with Crippen molar-refractivity contribution in [1.82, 2.24) is 4.98 Å². The van der Waals surface area contributed by atoms with Crippen molar-refractivity contribution in [3.05, 3.63) is 72.3 Å². The topological polar surface area (TPSA) is 112 Å². The molecule has 1 aromatic heterocycles. The van der Waals surface area contributed by atoms with E-state index in [1.807, 2.05) is 68.4 Å². The minimum absolute atomic E-state index is 0.121. The summed E-state index contributed by atoms with van der Waals surface area (Å²) in [4.78, 5) is 4.49. The predicted octanol–water partition coefficient (Wildman–Crippen LogP) is 6.43. The zero-order valence-electron chi connectivity index (χ0n) is 22.0. The molecule has 0 fully saturated rings. The van der Waals surface area contributed by atoms with Gasteiger partial charge in [0.05, 0.1) is 33.1 Å². The molecule has 0 aliphatic carbocycles. The Morgan fingerprint density at radius 1 is 0.816 bits per heavy atom. The van der Waals surface area contributed by atoms with E-state index in [0.29, 0.717) is 39.6 Å². The highest BCUT2D eigenvalue weighted by Gasteiger charge is 2.18. The molecule has 0 saturated carbocycles. The first-order valence-electron chi connectivity index (χ1n) is 12.0. The molecule has 0 bridgehead atoms. The lowest BCUT2D eigenvalue weighted by Gasteiger charge is -2.15. The summed E-state index contributed by atoms with van der Waals surface area (Å²) in [7, 11) is 4.65. The molecular weight excluding hydrogens is 480 g/mol. The number of hydrogen-bond acceptors (Lipinski definition) is 8. The first-order valence-corrected chi connectivity index (χ1v) is 12.0. The van der Waals surface area contributed by atoms with Gasteiger partial charge >= 0.3 is 0 Å². The molecule has 8 heteroatoms. The van der Waals surface area contributed by atoms with E-state index in [2.05, 4.69) is 16.4 Å². The van der Waals surface area contributed by atoms with Gasteiger partial charge < -0.3 is 30.0 Å².